The average Bonchev–Trinajstić information content (AvgIpc) is 2.44. The second kappa shape index (κ2) is 15.2. The van der Waals surface area contributed by atoms with Crippen LogP contribution in [-0.4, -0.2) is 19.4 Å². The van der Waals surface area contributed by atoms with Crippen molar-refractivity contribution in [2.24, 2.45) is 11.8 Å². The van der Waals surface area contributed by atoms with Gasteiger partial charge in [0.05, 0.1) is 13.2 Å². The normalized spacial score (nSPS) is 11.2. The molecule has 0 saturated heterocycles. The van der Waals surface area contributed by atoms with Gasteiger partial charge in [-0.05, 0) is 24.7 Å². The highest BCUT2D eigenvalue weighted by Gasteiger charge is 2.03. The highest BCUT2D eigenvalue weighted by Crippen LogP contribution is 2.10. The first-order chi connectivity index (χ1) is 10.5. The molecule has 0 rings (SSSR count). The Hall–Kier alpha value is -0.730. The van der Waals surface area contributed by atoms with Crippen LogP contribution in [0.4, 0.5) is 4.79 Å². The summed E-state index contributed by atoms with van der Waals surface area (Å²) in [7, 11) is 0. The van der Waals surface area contributed by atoms with Crippen LogP contribution < -0.4 is 0 Å². The van der Waals surface area contributed by atoms with Crippen molar-refractivity contribution in [3.8, 4) is 0 Å². The van der Waals surface area contributed by atoms with Crippen molar-refractivity contribution in [1.82, 2.24) is 0 Å². The minimum absolute atomic E-state index is 0.495. The number of rotatable bonds is 14. The van der Waals surface area contributed by atoms with Crippen molar-refractivity contribution >= 4 is 6.16 Å². The van der Waals surface area contributed by atoms with Gasteiger partial charge in [0.2, 0.25) is 0 Å². The minimum Gasteiger partial charge on any atom is -0.434 e. The number of carbonyl (C=O) groups is 1. The van der Waals surface area contributed by atoms with Crippen LogP contribution in [0, 0.1) is 11.8 Å². The van der Waals surface area contributed by atoms with E-state index in [0.717, 1.165) is 37.5 Å². The first-order valence-corrected chi connectivity index (χ1v) is 9.32. The summed E-state index contributed by atoms with van der Waals surface area (Å²) >= 11 is 0. The zero-order valence-electron chi connectivity index (χ0n) is 15.4. The second-order valence-electron chi connectivity index (χ2n) is 7.14. The largest absolute Gasteiger partial charge is 0.508 e. The lowest BCUT2D eigenvalue weighted by molar-refractivity contribution is 0.0529. The van der Waals surface area contributed by atoms with Gasteiger partial charge in [-0.25, -0.2) is 4.79 Å². The van der Waals surface area contributed by atoms with Crippen LogP contribution in [0.1, 0.15) is 91.9 Å². The Balaban J connectivity index is 3.20. The minimum atomic E-state index is -0.496. The van der Waals surface area contributed by atoms with Gasteiger partial charge in [0.25, 0.3) is 0 Å². The predicted octanol–water partition coefficient (Wildman–Crippen LogP) is 6.35. The standard InChI is InChI=1S/C19H38O3/c1-17(2)13-9-5-7-11-15-21-19(20)22-16-12-8-6-10-14-18(3)4/h17-18H,5-16H2,1-4H3. The highest BCUT2D eigenvalue weighted by molar-refractivity contribution is 5.59. The molecule has 0 radical (unpaired) electrons. The van der Waals surface area contributed by atoms with E-state index < -0.39 is 6.16 Å². The highest BCUT2D eigenvalue weighted by atomic mass is 16.7. The third-order valence-corrected chi connectivity index (χ3v) is 3.79. The molecule has 0 aromatic rings. The van der Waals surface area contributed by atoms with Gasteiger partial charge < -0.3 is 9.47 Å². The summed E-state index contributed by atoms with van der Waals surface area (Å²) in [6.07, 6.45) is 11.3. The Morgan fingerprint density at radius 3 is 1.36 bits per heavy atom. The summed E-state index contributed by atoms with van der Waals surface area (Å²) in [6, 6.07) is 0. The van der Waals surface area contributed by atoms with Gasteiger partial charge in [0, 0.05) is 0 Å². The fraction of sp³-hybridized carbons (Fsp3) is 0.947. The van der Waals surface area contributed by atoms with E-state index in [2.05, 4.69) is 27.7 Å². The third-order valence-electron chi connectivity index (χ3n) is 3.79. The molecular formula is C19H38O3. The van der Waals surface area contributed by atoms with Gasteiger partial charge in [0.15, 0.2) is 0 Å². The summed E-state index contributed by atoms with van der Waals surface area (Å²) in [5.41, 5.74) is 0. The molecule has 0 fully saturated rings. The van der Waals surface area contributed by atoms with Crippen LogP contribution in [0.25, 0.3) is 0 Å². The van der Waals surface area contributed by atoms with Crippen LogP contribution in [-0.2, 0) is 9.47 Å². The number of hydrogen-bond acceptors (Lipinski definition) is 3. The Kier molecular flexibility index (Phi) is 14.7. The molecule has 0 heterocycles. The Morgan fingerprint density at radius 2 is 1.00 bits per heavy atom. The van der Waals surface area contributed by atoms with E-state index in [1.807, 2.05) is 0 Å². The molecule has 0 aliphatic heterocycles. The Labute approximate surface area is 138 Å². The lowest BCUT2D eigenvalue weighted by Gasteiger charge is -2.07. The van der Waals surface area contributed by atoms with Crippen molar-refractivity contribution in [2.45, 2.75) is 91.9 Å². The van der Waals surface area contributed by atoms with Crippen molar-refractivity contribution in [3.05, 3.63) is 0 Å². The van der Waals surface area contributed by atoms with Gasteiger partial charge in [-0.1, -0.05) is 79.1 Å². The maximum Gasteiger partial charge on any atom is 0.508 e. The maximum absolute atomic E-state index is 11.4. The molecule has 3 nitrogen and oxygen atoms in total. The van der Waals surface area contributed by atoms with Crippen LogP contribution >= 0.6 is 0 Å². The topological polar surface area (TPSA) is 35.5 Å². The van der Waals surface area contributed by atoms with Crippen LogP contribution in [0.5, 0.6) is 0 Å². The van der Waals surface area contributed by atoms with Gasteiger partial charge in [0.1, 0.15) is 0 Å². The van der Waals surface area contributed by atoms with Gasteiger partial charge >= 0.3 is 6.16 Å². The molecule has 0 aliphatic rings. The summed E-state index contributed by atoms with van der Waals surface area (Å²) in [5, 5.41) is 0. The number of unbranched alkanes of at least 4 members (excludes halogenated alkanes) is 6. The van der Waals surface area contributed by atoms with Crippen molar-refractivity contribution in [1.29, 1.82) is 0 Å². The SMILES string of the molecule is CC(C)CCCCCCOC(=O)OCCCCCCC(C)C. The lowest BCUT2D eigenvalue weighted by atomic mass is 10.0. The summed E-state index contributed by atoms with van der Waals surface area (Å²) in [6.45, 7) is 10.0. The molecule has 0 unspecified atom stereocenters. The van der Waals surface area contributed by atoms with E-state index in [0.29, 0.717) is 13.2 Å². The molecule has 0 spiro atoms. The molecule has 22 heavy (non-hydrogen) atoms. The van der Waals surface area contributed by atoms with E-state index in [-0.39, 0.29) is 0 Å². The van der Waals surface area contributed by atoms with Gasteiger partial charge in [-0.3, -0.25) is 0 Å². The smallest absolute Gasteiger partial charge is 0.434 e. The molecule has 0 aromatic carbocycles. The molecule has 0 amide bonds. The molecule has 0 saturated carbocycles. The average molecular weight is 315 g/mol. The lowest BCUT2D eigenvalue weighted by Crippen LogP contribution is -2.09. The van der Waals surface area contributed by atoms with E-state index in [1.165, 1.54) is 38.5 Å². The molecule has 0 aromatic heterocycles. The monoisotopic (exact) mass is 314 g/mol. The molecular weight excluding hydrogens is 276 g/mol. The fourth-order valence-electron chi connectivity index (χ4n) is 2.37. The van der Waals surface area contributed by atoms with Crippen molar-refractivity contribution in [3.63, 3.8) is 0 Å². The quantitative estimate of drug-likeness (QED) is 0.277. The van der Waals surface area contributed by atoms with E-state index in [1.54, 1.807) is 0 Å². The molecule has 132 valence electrons. The summed E-state index contributed by atoms with van der Waals surface area (Å²) in [4.78, 5) is 11.4. The summed E-state index contributed by atoms with van der Waals surface area (Å²) in [5.74, 6) is 1.58. The van der Waals surface area contributed by atoms with Crippen LogP contribution in [0.2, 0.25) is 0 Å². The number of ether oxygens (including phenoxy) is 2. The fourth-order valence-corrected chi connectivity index (χ4v) is 2.37. The number of hydrogen-bond donors (Lipinski definition) is 0. The molecule has 0 bridgehead atoms. The first-order valence-electron chi connectivity index (χ1n) is 9.32. The Morgan fingerprint density at radius 1 is 0.636 bits per heavy atom. The summed E-state index contributed by atoms with van der Waals surface area (Å²) < 4.78 is 10.1. The van der Waals surface area contributed by atoms with Crippen molar-refractivity contribution in [2.75, 3.05) is 13.2 Å². The van der Waals surface area contributed by atoms with Crippen LogP contribution in [0.3, 0.4) is 0 Å². The predicted molar refractivity (Wildman–Crippen MR) is 93.1 cm³/mol. The molecule has 0 N–H and O–H groups in total. The molecule has 0 atom stereocenters. The first kappa shape index (κ1) is 21.3. The van der Waals surface area contributed by atoms with E-state index in [9.17, 15) is 4.79 Å². The van der Waals surface area contributed by atoms with E-state index >= 15 is 0 Å². The zero-order valence-corrected chi connectivity index (χ0v) is 15.4. The zero-order chi connectivity index (χ0) is 16.6. The van der Waals surface area contributed by atoms with Crippen LogP contribution in [0.15, 0.2) is 0 Å². The third kappa shape index (κ3) is 17.3. The van der Waals surface area contributed by atoms with Crippen molar-refractivity contribution < 1.29 is 14.3 Å². The van der Waals surface area contributed by atoms with Gasteiger partial charge in [-0.2, -0.15) is 0 Å². The van der Waals surface area contributed by atoms with Gasteiger partial charge in [-0.15, -0.1) is 0 Å². The Bertz CT molecular complexity index is 225. The maximum atomic E-state index is 11.4. The number of carbonyl (C=O) groups excluding carboxylic acids is 1. The molecule has 0 aliphatic carbocycles. The second-order valence-corrected chi connectivity index (χ2v) is 7.14. The molecule has 3 heteroatoms. The van der Waals surface area contributed by atoms with E-state index in [4.69, 9.17) is 9.47 Å².